The molecule has 1 heterocycles. The fraction of sp³-hybridized carbons (Fsp3) is 0.241. The highest BCUT2D eigenvalue weighted by Crippen LogP contribution is 2.40. The van der Waals surface area contributed by atoms with Crippen LogP contribution in [0, 0.1) is 3.57 Å². The minimum atomic E-state index is -0.670. The van der Waals surface area contributed by atoms with Crippen LogP contribution in [-0.2, 0) is 16.0 Å². The second-order valence-electron chi connectivity index (χ2n) is 8.51. The third kappa shape index (κ3) is 5.75. The smallest absolute Gasteiger partial charge is 0.295 e. The zero-order valence-corrected chi connectivity index (χ0v) is 21.8. The maximum atomic E-state index is 13.2. The Bertz CT molecular complexity index is 1220. The number of benzene rings is 3. The molecule has 1 aliphatic rings. The van der Waals surface area contributed by atoms with Gasteiger partial charge in [0.1, 0.15) is 11.5 Å². The topological polar surface area (TPSA) is 66.8 Å². The average Bonchev–Trinajstić information content (AvgIpc) is 3.13. The van der Waals surface area contributed by atoms with Gasteiger partial charge in [0.25, 0.3) is 11.7 Å². The van der Waals surface area contributed by atoms with Gasteiger partial charge in [-0.1, -0.05) is 67.9 Å². The zero-order valence-electron chi connectivity index (χ0n) is 19.6. The molecule has 1 N–H and O–H groups in total. The number of ether oxygens (including phenoxy) is 1. The first-order valence-corrected chi connectivity index (χ1v) is 12.9. The molecule has 35 heavy (non-hydrogen) atoms. The molecule has 0 bridgehead atoms. The molecule has 0 aromatic heterocycles. The highest BCUT2D eigenvalue weighted by Gasteiger charge is 2.45. The molecule has 1 aliphatic heterocycles. The van der Waals surface area contributed by atoms with Crippen molar-refractivity contribution in [1.82, 2.24) is 4.90 Å². The molecule has 0 aliphatic carbocycles. The maximum Gasteiger partial charge on any atom is 0.295 e. The molecule has 3 aromatic carbocycles. The molecule has 1 amide bonds. The predicted octanol–water partition coefficient (Wildman–Crippen LogP) is 6.13. The minimum Gasteiger partial charge on any atom is -0.507 e. The number of rotatable bonds is 9. The van der Waals surface area contributed by atoms with Crippen LogP contribution in [0.1, 0.15) is 42.5 Å². The molecule has 1 unspecified atom stereocenters. The lowest BCUT2D eigenvalue weighted by molar-refractivity contribution is -0.139. The summed E-state index contributed by atoms with van der Waals surface area (Å²) in [6.07, 6.45) is 2.55. The van der Waals surface area contributed by atoms with Crippen LogP contribution in [0.25, 0.3) is 5.76 Å². The fourth-order valence-electron chi connectivity index (χ4n) is 4.22. The summed E-state index contributed by atoms with van der Waals surface area (Å²) < 4.78 is 6.83. The Morgan fingerprint density at radius 2 is 1.74 bits per heavy atom. The lowest BCUT2D eigenvalue weighted by atomic mass is 9.95. The van der Waals surface area contributed by atoms with Gasteiger partial charge in [0.15, 0.2) is 0 Å². The number of likely N-dealkylation sites (tertiary alicyclic amines) is 1. The van der Waals surface area contributed by atoms with E-state index in [1.807, 2.05) is 60.7 Å². The summed E-state index contributed by atoms with van der Waals surface area (Å²) in [5.41, 5.74) is 2.42. The number of halogens is 1. The summed E-state index contributed by atoms with van der Waals surface area (Å²) in [6, 6.07) is 23.9. The Morgan fingerprint density at radius 3 is 2.46 bits per heavy atom. The van der Waals surface area contributed by atoms with Gasteiger partial charge in [-0.05, 0) is 70.8 Å². The standard InChI is InChI=1S/C29H28INO4/c1-2-3-18-35-24-11-7-10-22(19-24)27(32)25-26(21-12-14-23(30)15-13-21)31(29(34)28(25)33)17-16-20-8-5-4-6-9-20/h4-15,19,26,32H,2-3,16-18H2,1H3. The van der Waals surface area contributed by atoms with E-state index in [1.54, 1.807) is 23.1 Å². The molecule has 1 fully saturated rings. The zero-order chi connectivity index (χ0) is 24.8. The van der Waals surface area contributed by atoms with Crippen LogP contribution in [0.4, 0.5) is 0 Å². The van der Waals surface area contributed by atoms with Gasteiger partial charge in [0.05, 0.1) is 18.2 Å². The molecular weight excluding hydrogens is 553 g/mol. The van der Waals surface area contributed by atoms with Gasteiger partial charge in [-0.3, -0.25) is 9.59 Å². The Hall–Kier alpha value is -3.13. The first-order valence-electron chi connectivity index (χ1n) is 11.8. The quantitative estimate of drug-likeness (QED) is 0.109. The van der Waals surface area contributed by atoms with E-state index >= 15 is 0 Å². The number of Topliss-reactive ketones (excluding diaryl/α,β-unsaturated/α-hetero) is 1. The van der Waals surface area contributed by atoms with Crippen LogP contribution in [0.5, 0.6) is 5.75 Å². The van der Waals surface area contributed by atoms with Crippen LogP contribution in [0.2, 0.25) is 0 Å². The van der Waals surface area contributed by atoms with Gasteiger partial charge in [-0.2, -0.15) is 0 Å². The van der Waals surface area contributed by atoms with Crippen molar-refractivity contribution in [2.75, 3.05) is 13.2 Å². The number of carbonyl (C=O) groups is 2. The molecule has 180 valence electrons. The van der Waals surface area contributed by atoms with E-state index in [0.717, 1.165) is 27.5 Å². The number of ketones is 1. The van der Waals surface area contributed by atoms with Crippen molar-refractivity contribution < 1.29 is 19.4 Å². The van der Waals surface area contributed by atoms with Crippen molar-refractivity contribution in [3.8, 4) is 5.75 Å². The summed E-state index contributed by atoms with van der Waals surface area (Å²) in [5.74, 6) is -0.834. The molecule has 0 spiro atoms. The van der Waals surface area contributed by atoms with Gasteiger partial charge in [-0.25, -0.2) is 0 Å². The van der Waals surface area contributed by atoms with Crippen molar-refractivity contribution in [3.63, 3.8) is 0 Å². The van der Waals surface area contributed by atoms with Crippen LogP contribution >= 0.6 is 22.6 Å². The van der Waals surface area contributed by atoms with Crippen molar-refractivity contribution >= 4 is 40.0 Å². The van der Waals surface area contributed by atoms with E-state index in [1.165, 1.54) is 0 Å². The molecule has 0 saturated carbocycles. The van der Waals surface area contributed by atoms with Crippen molar-refractivity contribution in [1.29, 1.82) is 0 Å². The van der Waals surface area contributed by atoms with E-state index in [9.17, 15) is 14.7 Å². The van der Waals surface area contributed by atoms with Crippen LogP contribution in [0.15, 0.2) is 84.4 Å². The largest absolute Gasteiger partial charge is 0.507 e. The van der Waals surface area contributed by atoms with Gasteiger partial charge < -0.3 is 14.7 Å². The molecule has 1 atom stereocenters. The highest BCUT2D eigenvalue weighted by molar-refractivity contribution is 14.1. The second-order valence-corrected chi connectivity index (χ2v) is 9.76. The van der Waals surface area contributed by atoms with Gasteiger partial charge in [0.2, 0.25) is 0 Å². The Balaban J connectivity index is 1.73. The fourth-order valence-corrected chi connectivity index (χ4v) is 4.58. The van der Waals surface area contributed by atoms with Gasteiger partial charge in [-0.15, -0.1) is 0 Å². The van der Waals surface area contributed by atoms with E-state index in [-0.39, 0.29) is 11.3 Å². The summed E-state index contributed by atoms with van der Waals surface area (Å²) in [6.45, 7) is 3.03. The van der Waals surface area contributed by atoms with E-state index in [2.05, 4.69) is 29.5 Å². The molecule has 4 rings (SSSR count). The Morgan fingerprint density at radius 1 is 1.00 bits per heavy atom. The SMILES string of the molecule is CCCCOc1cccc(C(O)=C2C(=O)C(=O)N(CCc3ccccc3)C2c2ccc(I)cc2)c1. The summed E-state index contributed by atoms with van der Waals surface area (Å²) in [4.78, 5) is 28.0. The number of unbranched alkanes of at least 4 members (excludes halogenated alkanes) is 1. The average molecular weight is 581 g/mol. The third-order valence-corrected chi connectivity index (χ3v) is 6.80. The maximum absolute atomic E-state index is 13.2. The molecule has 6 heteroatoms. The Kier molecular flexibility index (Phi) is 8.23. The lowest BCUT2D eigenvalue weighted by Crippen LogP contribution is -2.31. The van der Waals surface area contributed by atoms with Gasteiger partial charge in [0, 0.05) is 15.7 Å². The van der Waals surface area contributed by atoms with Gasteiger partial charge >= 0.3 is 0 Å². The molecule has 3 aromatic rings. The van der Waals surface area contributed by atoms with Crippen LogP contribution in [0.3, 0.4) is 0 Å². The number of aliphatic hydroxyl groups is 1. The molecule has 0 radical (unpaired) electrons. The summed E-state index contributed by atoms with van der Waals surface area (Å²) in [7, 11) is 0. The summed E-state index contributed by atoms with van der Waals surface area (Å²) >= 11 is 2.22. The number of hydrogen-bond acceptors (Lipinski definition) is 4. The monoisotopic (exact) mass is 581 g/mol. The first kappa shape index (κ1) is 25.0. The van der Waals surface area contributed by atoms with E-state index in [4.69, 9.17) is 4.74 Å². The number of amides is 1. The molecular formula is C29H28INO4. The number of carbonyl (C=O) groups excluding carboxylic acids is 2. The second kappa shape index (κ2) is 11.5. The normalized spacial score (nSPS) is 17.1. The summed E-state index contributed by atoms with van der Waals surface area (Å²) in [5, 5.41) is 11.3. The van der Waals surface area contributed by atoms with Crippen molar-refractivity contribution in [2.24, 2.45) is 0 Å². The van der Waals surface area contributed by atoms with Crippen molar-refractivity contribution in [2.45, 2.75) is 32.2 Å². The minimum absolute atomic E-state index is 0.106. The number of nitrogens with zero attached hydrogens (tertiary/aromatic N) is 1. The van der Waals surface area contributed by atoms with Crippen LogP contribution in [-0.4, -0.2) is 34.8 Å². The molecule has 1 saturated heterocycles. The van der Waals surface area contributed by atoms with E-state index < -0.39 is 17.7 Å². The predicted molar refractivity (Wildman–Crippen MR) is 145 cm³/mol. The number of hydrogen-bond donors (Lipinski definition) is 1. The Labute approximate surface area is 219 Å². The number of aliphatic hydroxyl groups excluding tert-OH is 1. The van der Waals surface area contributed by atoms with Crippen molar-refractivity contribution in [3.05, 3.63) is 105 Å². The highest BCUT2D eigenvalue weighted by atomic mass is 127. The molecule has 5 nitrogen and oxygen atoms in total. The lowest BCUT2D eigenvalue weighted by Gasteiger charge is -2.25. The van der Waals surface area contributed by atoms with E-state index in [0.29, 0.717) is 30.9 Å². The first-order chi connectivity index (χ1) is 17.0. The van der Waals surface area contributed by atoms with Crippen LogP contribution < -0.4 is 4.74 Å². The third-order valence-electron chi connectivity index (χ3n) is 6.08.